The van der Waals surface area contributed by atoms with Gasteiger partial charge in [0, 0.05) is 17.8 Å². The minimum Gasteiger partial charge on any atom is -0.383 e. The lowest BCUT2D eigenvalue weighted by atomic mass is 10.2. The molecule has 0 unspecified atom stereocenters. The second-order valence-electron chi connectivity index (χ2n) is 3.88. The molecule has 1 N–H and O–H groups in total. The summed E-state index contributed by atoms with van der Waals surface area (Å²) in [6.07, 6.45) is 3.60. The number of ether oxygens (including phenoxy) is 1. The van der Waals surface area contributed by atoms with E-state index in [4.69, 9.17) is 10.00 Å². The maximum Gasteiger partial charge on any atom is 0.103 e. The molecule has 2 rings (SSSR count). The fourth-order valence-corrected chi connectivity index (χ4v) is 2.09. The minimum absolute atomic E-state index is 0.576. The van der Waals surface area contributed by atoms with Crippen LogP contribution < -0.4 is 5.32 Å². The maximum absolute atomic E-state index is 9.14. The van der Waals surface area contributed by atoms with E-state index in [1.807, 2.05) is 24.4 Å². The highest BCUT2D eigenvalue weighted by Gasteiger charge is 2.07. The van der Waals surface area contributed by atoms with E-state index in [-0.39, 0.29) is 0 Å². The van der Waals surface area contributed by atoms with Gasteiger partial charge in [-0.15, -0.1) is 0 Å². The zero-order chi connectivity index (χ0) is 13.7. The highest BCUT2D eigenvalue weighted by atomic mass is 79.9. The molecule has 0 fully saturated rings. The molecule has 0 aliphatic carbocycles. The van der Waals surface area contributed by atoms with Crippen LogP contribution in [0.5, 0.6) is 0 Å². The van der Waals surface area contributed by atoms with Crippen LogP contribution in [-0.2, 0) is 11.3 Å². The molecule has 0 atom stereocenters. The van der Waals surface area contributed by atoms with Gasteiger partial charge in [0.05, 0.1) is 36.3 Å². The van der Waals surface area contributed by atoms with Crippen LogP contribution in [0.4, 0.5) is 11.4 Å². The molecule has 0 aliphatic heterocycles. The lowest BCUT2D eigenvalue weighted by Crippen LogP contribution is -2.03. The Morgan fingerprint density at radius 3 is 3.11 bits per heavy atom. The molecule has 1 aromatic carbocycles. The third-order valence-electron chi connectivity index (χ3n) is 2.56. The predicted octanol–water partition coefficient (Wildman–Crippen LogP) is 2.91. The number of nitriles is 1. The molecule has 0 amide bonds. The lowest BCUT2D eigenvalue weighted by Gasteiger charge is -2.06. The van der Waals surface area contributed by atoms with Crippen LogP contribution in [0.1, 0.15) is 5.56 Å². The molecule has 98 valence electrons. The van der Waals surface area contributed by atoms with Gasteiger partial charge in [-0.3, -0.25) is 4.68 Å². The van der Waals surface area contributed by atoms with Crippen molar-refractivity contribution in [3.8, 4) is 6.07 Å². The molecule has 0 bridgehead atoms. The van der Waals surface area contributed by atoms with E-state index >= 15 is 0 Å². The van der Waals surface area contributed by atoms with Crippen molar-refractivity contribution in [1.82, 2.24) is 9.78 Å². The van der Waals surface area contributed by atoms with Gasteiger partial charge in [0.25, 0.3) is 0 Å². The van der Waals surface area contributed by atoms with Crippen LogP contribution in [0.3, 0.4) is 0 Å². The van der Waals surface area contributed by atoms with Gasteiger partial charge in [-0.05, 0) is 28.1 Å². The Balaban J connectivity index is 2.15. The third kappa shape index (κ3) is 3.34. The molecule has 0 aliphatic rings. The monoisotopic (exact) mass is 320 g/mol. The first-order chi connectivity index (χ1) is 9.24. The topological polar surface area (TPSA) is 62.9 Å². The summed E-state index contributed by atoms with van der Waals surface area (Å²) in [7, 11) is 1.66. The normalized spacial score (nSPS) is 10.2. The summed E-state index contributed by atoms with van der Waals surface area (Å²) in [5, 5.41) is 16.5. The zero-order valence-corrected chi connectivity index (χ0v) is 12.0. The first-order valence-electron chi connectivity index (χ1n) is 5.71. The van der Waals surface area contributed by atoms with Crippen LogP contribution >= 0.6 is 15.9 Å². The number of methoxy groups -OCH3 is 1. The predicted molar refractivity (Wildman–Crippen MR) is 76.2 cm³/mol. The quantitative estimate of drug-likeness (QED) is 0.920. The molecule has 6 heteroatoms. The number of aromatic nitrogens is 2. The largest absolute Gasteiger partial charge is 0.383 e. The van der Waals surface area contributed by atoms with E-state index in [0.717, 1.165) is 15.8 Å². The number of nitrogens with zero attached hydrogens (tertiary/aromatic N) is 3. The number of hydrogen-bond donors (Lipinski definition) is 1. The van der Waals surface area contributed by atoms with E-state index in [1.165, 1.54) is 0 Å². The van der Waals surface area contributed by atoms with Crippen LogP contribution in [0.15, 0.2) is 35.1 Å². The summed E-state index contributed by atoms with van der Waals surface area (Å²) < 4.78 is 7.55. The minimum atomic E-state index is 0.576. The molecule has 1 heterocycles. The van der Waals surface area contributed by atoms with Gasteiger partial charge in [0.2, 0.25) is 0 Å². The molecular weight excluding hydrogens is 308 g/mol. The number of rotatable bonds is 5. The van der Waals surface area contributed by atoms with Crippen molar-refractivity contribution in [2.75, 3.05) is 19.0 Å². The van der Waals surface area contributed by atoms with Gasteiger partial charge in [-0.25, -0.2) is 0 Å². The number of halogens is 1. The molecule has 0 saturated heterocycles. The Morgan fingerprint density at radius 1 is 1.53 bits per heavy atom. The fraction of sp³-hybridized carbons (Fsp3) is 0.231. The van der Waals surface area contributed by atoms with Crippen molar-refractivity contribution in [1.29, 1.82) is 5.26 Å². The number of hydrogen-bond acceptors (Lipinski definition) is 4. The van der Waals surface area contributed by atoms with Crippen molar-refractivity contribution in [3.05, 3.63) is 40.6 Å². The summed E-state index contributed by atoms with van der Waals surface area (Å²) in [5.74, 6) is 0. The van der Waals surface area contributed by atoms with E-state index in [9.17, 15) is 0 Å². The molecule has 0 radical (unpaired) electrons. The van der Waals surface area contributed by atoms with Gasteiger partial charge in [0.15, 0.2) is 0 Å². The second-order valence-corrected chi connectivity index (χ2v) is 4.74. The van der Waals surface area contributed by atoms with Crippen molar-refractivity contribution in [2.45, 2.75) is 6.54 Å². The lowest BCUT2D eigenvalue weighted by molar-refractivity contribution is 0.183. The third-order valence-corrected chi connectivity index (χ3v) is 3.22. The molecule has 2 aromatic rings. The average molecular weight is 321 g/mol. The van der Waals surface area contributed by atoms with Crippen LogP contribution in [0.25, 0.3) is 0 Å². The summed E-state index contributed by atoms with van der Waals surface area (Å²) in [5.41, 5.74) is 2.17. The van der Waals surface area contributed by atoms with Crippen molar-refractivity contribution < 1.29 is 4.74 Å². The molecule has 5 nitrogen and oxygen atoms in total. The van der Waals surface area contributed by atoms with Gasteiger partial charge in [-0.1, -0.05) is 6.07 Å². The SMILES string of the molecule is COCCn1cc(Nc2cccc(Br)c2C#N)cn1. The number of anilines is 2. The smallest absolute Gasteiger partial charge is 0.103 e. The van der Waals surface area contributed by atoms with Gasteiger partial charge >= 0.3 is 0 Å². The first-order valence-corrected chi connectivity index (χ1v) is 6.51. The standard InChI is InChI=1S/C13H13BrN4O/c1-19-6-5-18-9-10(8-16-18)17-13-4-2-3-12(14)11(13)7-15/h2-4,8-9,17H,5-6H2,1H3. The van der Waals surface area contributed by atoms with Crippen molar-refractivity contribution >= 4 is 27.3 Å². The fourth-order valence-electron chi connectivity index (χ4n) is 1.63. The van der Waals surface area contributed by atoms with Crippen molar-refractivity contribution in [3.63, 3.8) is 0 Å². The van der Waals surface area contributed by atoms with E-state index < -0.39 is 0 Å². The highest BCUT2D eigenvalue weighted by molar-refractivity contribution is 9.10. The Labute approximate surface area is 119 Å². The zero-order valence-electron chi connectivity index (χ0n) is 10.4. The maximum atomic E-state index is 9.14. The Bertz CT molecular complexity index is 603. The van der Waals surface area contributed by atoms with Crippen molar-refractivity contribution in [2.24, 2.45) is 0 Å². The second kappa shape index (κ2) is 6.36. The molecule has 19 heavy (non-hydrogen) atoms. The molecule has 1 aromatic heterocycles. The first kappa shape index (κ1) is 13.6. The summed E-state index contributed by atoms with van der Waals surface area (Å²) >= 11 is 3.36. The van der Waals surface area contributed by atoms with E-state index in [2.05, 4.69) is 32.4 Å². The molecule has 0 saturated carbocycles. The van der Waals surface area contributed by atoms with Crippen LogP contribution in [0.2, 0.25) is 0 Å². The number of benzene rings is 1. The summed E-state index contributed by atoms with van der Waals surface area (Å²) in [4.78, 5) is 0. The van der Waals surface area contributed by atoms with E-state index in [0.29, 0.717) is 18.7 Å². The van der Waals surface area contributed by atoms with Crippen LogP contribution in [-0.4, -0.2) is 23.5 Å². The molecule has 0 spiro atoms. The van der Waals surface area contributed by atoms with E-state index in [1.54, 1.807) is 18.0 Å². The summed E-state index contributed by atoms with van der Waals surface area (Å²) in [6.45, 7) is 1.31. The van der Waals surface area contributed by atoms with Gasteiger partial charge < -0.3 is 10.1 Å². The Kier molecular flexibility index (Phi) is 4.55. The van der Waals surface area contributed by atoms with Gasteiger partial charge in [-0.2, -0.15) is 10.4 Å². The van der Waals surface area contributed by atoms with Gasteiger partial charge in [0.1, 0.15) is 6.07 Å². The van der Waals surface area contributed by atoms with Crippen LogP contribution in [0, 0.1) is 11.3 Å². The number of nitrogens with one attached hydrogen (secondary N) is 1. The highest BCUT2D eigenvalue weighted by Crippen LogP contribution is 2.26. The Hall–Kier alpha value is -1.84. The average Bonchev–Trinajstić information content (AvgIpc) is 2.84. The molecular formula is C13H13BrN4O. The Morgan fingerprint density at radius 2 is 2.37 bits per heavy atom. The summed E-state index contributed by atoms with van der Waals surface area (Å²) in [6, 6.07) is 7.74.